The third kappa shape index (κ3) is 4.27. The lowest BCUT2D eigenvalue weighted by Crippen LogP contribution is -2.31. The van der Waals surface area contributed by atoms with Crippen molar-refractivity contribution in [2.24, 2.45) is 0 Å². The largest absolute Gasteiger partial charge is 0.497 e. The van der Waals surface area contributed by atoms with E-state index in [1.807, 2.05) is 61.5 Å². The van der Waals surface area contributed by atoms with Crippen LogP contribution < -0.4 is 15.4 Å². The molecule has 0 saturated carbocycles. The van der Waals surface area contributed by atoms with Gasteiger partial charge in [0.05, 0.1) is 17.6 Å². The standard InChI is InChI=1S/C26H22N6O4/c1-16-22(25(33)28-19-8-4-3-5-9-19)23(17-11-13-21(36-2)14-12-17)31-26(27-16)29-24(30-31)18-7-6-10-20(15-18)32(34)35/h3-15,23H,1-2H3,(H,28,33)(H,27,29,30). The van der Waals surface area contributed by atoms with Crippen molar-refractivity contribution in [3.05, 3.63) is 106 Å². The predicted octanol–water partition coefficient (Wildman–Crippen LogP) is 4.79. The lowest BCUT2D eigenvalue weighted by atomic mass is 9.95. The van der Waals surface area contributed by atoms with Crippen LogP contribution in [0, 0.1) is 10.1 Å². The number of carbonyl (C=O) groups is 1. The van der Waals surface area contributed by atoms with E-state index in [-0.39, 0.29) is 11.6 Å². The average molecular weight is 483 g/mol. The summed E-state index contributed by atoms with van der Waals surface area (Å²) >= 11 is 0. The molecule has 4 aromatic rings. The molecule has 0 spiro atoms. The van der Waals surface area contributed by atoms with Crippen LogP contribution in [0.5, 0.6) is 5.75 Å². The van der Waals surface area contributed by atoms with Gasteiger partial charge in [-0.15, -0.1) is 5.10 Å². The van der Waals surface area contributed by atoms with Crippen LogP contribution in [-0.4, -0.2) is 32.7 Å². The normalized spacial score (nSPS) is 14.6. The lowest BCUT2D eigenvalue weighted by molar-refractivity contribution is -0.384. The number of nitro groups is 1. The van der Waals surface area contributed by atoms with Gasteiger partial charge in [0.15, 0.2) is 5.82 Å². The zero-order chi connectivity index (χ0) is 25.2. The van der Waals surface area contributed by atoms with Gasteiger partial charge in [0.25, 0.3) is 11.6 Å². The number of allylic oxidation sites excluding steroid dienone is 1. The van der Waals surface area contributed by atoms with Crippen LogP contribution in [0.3, 0.4) is 0 Å². The molecule has 5 rings (SSSR count). The fourth-order valence-electron chi connectivity index (χ4n) is 4.14. The first-order valence-corrected chi connectivity index (χ1v) is 11.1. The predicted molar refractivity (Wildman–Crippen MR) is 135 cm³/mol. The molecule has 0 radical (unpaired) electrons. The molecule has 36 heavy (non-hydrogen) atoms. The van der Waals surface area contributed by atoms with Gasteiger partial charge in [0, 0.05) is 29.1 Å². The topological polar surface area (TPSA) is 124 Å². The second-order valence-corrected chi connectivity index (χ2v) is 8.17. The summed E-state index contributed by atoms with van der Waals surface area (Å²) < 4.78 is 6.93. The highest BCUT2D eigenvalue weighted by Gasteiger charge is 2.34. The van der Waals surface area contributed by atoms with Crippen molar-refractivity contribution in [3.63, 3.8) is 0 Å². The van der Waals surface area contributed by atoms with Gasteiger partial charge >= 0.3 is 0 Å². The zero-order valence-electron chi connectivity index (χ0n) is 19.5. The van der Waals surface area contributed by atoms with E-state index in [9.17, 15) is 14.9 Å². The van der Waals surface area contributed by atoms with Gasteiger partial charge < -0.3 is 15.4 Å². The Hall–Kier alpha value is -4.99. The summed E-state index contributed by atoms with van der Waals surface area (Å²) in [5.41, 5.74) is 2.98. The zero-order valence-corrected chi connectivity index (χ0v) is 19.5. The molecule has 3 aromatic carbocycles. The first-order valence-electron chi connectivity index (χ1n) is 11.1. The molecule has 2 N–H and O–H groups in total. The second-order valence-electron chi connectivity index (χ2n) is 8.17. The minimum Gasteiger partial charge on any atom is -0.497 e. The SMILES string of the molecule is COc1ccc(C2C(C(=O)Nc3ccccc3)=C(C)Nc3nc(-c4cccc([N+](=O)[O-])c4)nn32)cc1. The maximum atomic E-state index is 13.5. The number of nitrogens with one attached hydrogen (secondary N) is 2. The number of hydrogen-bond acceptors (Lipinski definition) is 7. The van der Waals surface area contributed by atoms with Gasteiger partial charge in [-0.25, -0.2) is 4.68 Å². The molecule has 1 aliphatic rings. The minimum atomic E-state index is -0.601. The second kappa shape index (κ2) is 9.34. The Morgan fingerprint density at radius 3 is 2.53 bits per heavy atom. The Kier molecular flexibility index (Phi) is 5.91. The van der Waals surface area contributed by atoms with E-state index >= 15 is 0 Å². The van der Waals surface area contributed by atoms with E-state index in [1.165, 1.54) is 12.1 Å². The van der Waals surface area contributed by atoms with Gasteiger partial charge in [0.1, 0.15) is 11.8 Å². The lowest BCUT2D eigenvalue weighted by Gasteiger charge is -2.28. The Balaban J connectivity index is 1.60. The molecule has 1 atom stereocenters. The summed E-state index contributed by atoms with van der Waals surface area (Å²) in [6, 6.07) is 22.1. The van der Waals surface area contributed by atoms with Crippen molar-refractivity contribution in [1.29, 1.82) is 0 Å². The summed E-state index contributed by atoms with van der Waals surface area (Å²) in [6.45, 7) is 1.81. The van der Waals surface area contributed by atoms with Crippen LogP contribution in [-0.2, 0) is 4.79 Å². The molecule has 0 bridgehead atoms. The Bertz CT molecular complexity index is 1480. The fourth-order valence-corrected chi connectivity index (χ4v) is 4.14. The monoisotopic (exact) mass is 482 g/mol. The van der Waals surface area contributed by atoms with Gasteiger partial charge in [-0.3, -0.25) is 14.9 Å². The summed E-state index contributed by atoms with van der Waals surface area (Å²) in [4.78, 5) is 28.9. The van der Waals surface area contributed by atoms with Crippen molar-refractivity contribution in [1.82, 2.24) is 14.8 Å². The molecule has 2 heterocycles. The maximum absolute atomic E-state index is 13.5. The minimum absolute atomic E-state index is 0.0582. The van der Waals surface area contributed by atoms with Crippen molar-refractivity contribution in [2.75, 3.05) is 17.7 Å². The number of methoxy groups -OCH3 is 1. The number of rotatable bonds is 6. The number of nitro benzene ring substituents is 1. The summed E-state index contributed by atoms with van der Waals surface area (Å²) in [6.07, 6.45) is 0. The van der Waals surface area contributed by atoms with E-state index < -0.39 is 11.0 Å². The number of amides is 1. The first-order chi connectivity index (χ1) is 17.4. The van der Waals surface area contributed by atoms with E-state index in [2.05, 4.69) is 20.7 Å². The number of non-ortho nitro benzene ring substituents is 1. The van der Waals surface area contributed by atoms with Crippen molar-refractivity contribution in [2.45, 2.75) is 13.0 Å². The summed E-state index contributed by atoms with van der Waals surface area (Å²) in [5.74, 6) is 1.12. The number of benzene rings is 3. The molecule has 10 heteroatoms. The molecule has 1 amide bonds. The Labute approximate surface area is 206 Å². The molecule has 0 fully saturated rings. The molecule has 1 aromatic heterocycles. The highest BCUT2D eigenvalue weighted by atomic mass is 16.6. The fraction of sp³-hybridized carbons (Fsp3) is 0.115. The highest BCUT2D eigenvalue weighted by molar-refractivity contribution is 6.06. The van der Waals surface area contributed by atoms with Gasteiger partial charge in [-0.05, 0) is 36.8 Å². The van der Waals surface area contributed by atoms with Crippen LogP contribution in [0.25, 0.3) is 11.4 Å². The molecule has 180 valence electrons. The summed E-state index contributed by atoms with van der Waals surface area (Å²) in [5, 5.41) is 22.1. The molecule has 1 aliphatic heterocycles. The van der Waals surface area contributed by atoms with E-state index in [0.717, 1.165) is 5.56 Å². The first kappa shape index (κ1) is 22.8. The third-order valence-corrected chi connectivity index (χ3v) is 5.88. The Morgan fingerprint density at radius 2 is 1.83 bits per heavy atom. The van der Waals surface area contributed by atoms with Crippen LogP contribution in [0.2, 0.25) is 0 Å². The van der Waals surface area contributed by atoms with Crippen LogP contribution >= 0.6 is 0 Å². The molecular formula is C26H22N6O4. The number of anilines is 2. The number of fused-ring (bicyclic) bond motifs is 1. The number of hydrogen-bond donors (Lipinski definition) is 2. The molecule has 10 nitrogen and oxygen atoms in total. The van der Waals surface area contributed by atoms with Crippen molar-refractivity contribution >= 4 is 23.2 Å². The molecule has 1 unspecified atom stereocenters. The average Bonchev–Trinajstić information content (AvgIpc) is 3.32. The molecule has 0 aliphatic carbocycles. The maximum Gasteiger partial charge on any atom is 0.270 e. The number of carbonyl (C=O) groups excluding carboxylic acids is 1. The van der Waals surface area contributed by atoms with Crippen LogP contribution in [0.1, 0.15) is 18.5 Å². The van der Waals surface area contributed by atoms with Gasteiger partial charge in [-0.2, -0.15) is 4.98 Å². The quantitative estimate of drug-likeness (QED) is 0.299. The summed E-state index contributed by atoms with van der Waals surface area (Å²) in [7, 11) is 1.59. The van der Waals surface area contributed by atoms with Gasteiger partial charge in [0.2, 0.25) is 5.95 Å². The highest BCUT2D eigenvalue weighted by Crippen LogP contribution is 2.37. The van der Waals surface area contributed by atoms with Crippen LogP contribution in [0.15, 0.2) is 90.1 Å². The van der Waals surface area contributed by atoms with Crippen LogP contribution in [0.4, 0.5) is 17.3 Å². The number of aromatic nitrogens is 3. The van der Waals surface area contributed by atoms with E-state index in [0.29, 0.717) is 40.0 Å². The van der Waals surface area contributed by atoms with E-state index in [4.69, 9.17) is 4.74 Å². The third-order valence-electron chi connectivity index (χ3n) is 5.88. The van der Waals surface area contributed by atoms with Crippen molar-refractivity contribution < 1.29 is 14.5 Å². The number of nitrogens with zero attached hydrogens (tertiary/aromatic N) is 4. The van der Waals surface area contributed by atoms with E-state index in [1.54, 1.807) is 23.9 Å². The van der Waals surface area contributed by atoms with Crippen molar-refractivity contribution in [3.8, 4) is 17.1 Å². The molecular weight excluding hydrogens is 460 g/mol. The van der Waals surface area contributed by atoms with Gasteiger partial charge in [-0.1, -0.05) is 42.5 Å². The smallest absolute Gasteiger partial charge is 0.270 e. The Morgan fingerprint density at radius 1 is 1.08 bits per heavy atom. The number of ether oxygens (including phenoxy) is 1. The number of para-hydroxylation sites is 1. The molecule has 0 saturated heterocycles.